The van der Waals surface area contributed by atoms with Crippen LogP contribution in [0.2, 0.25) is 0 Å². The number of hydrogen-bond donors (Lipinski definition) is 0. The molecule has 1 rings (SSSR count). The van der Waals surface area contributed by atoms with Gasteiger partial charge in [-0.25, -0.2) is 0 Å². The van der Waals surface area contributed by atoms with Crippen molar-refractivity contribution in [1.29, 1.82) is 0 Å². The van der Waals surface area contributed by atoms with Gasteiger partial charge in [-0.3, -0.25) is 4.99 Å². The minimum absolute atomic E-state index is 0.101. The first-order valence-electron chi connectivity index (χ1n) is 4.71. The van der Waals surface area contributed by atoms with Crippen molar-refractivity contribution in [1.82, 2.24) is 0 Å². The van der Waals surface area contributed by atoms with E-state index in [-0.39, 0.29) is 11.8 Å². The van der Waals surface area contributed by atoms with E-state index in [2.05, 4.69) is 4.99 Å². The molecule has 0 radical (unpaired) electrons. The van der Waals surface area contributed by atoms with Gasteiger partial charge in [0.1, 0.15) is 0 Å². The molecule has 0 unspecified atom stereocenters. The lowest BCUT2D eigenvalue weighted by atomic mass is 9.86. The van der Waals surface area contributed by atoms with Crippen molar-refractivity contribution in [3.05, 3.63) is 23.4 Å². The molecule has 1 aliphatic rings. The highest BCUT2D eigenvalue weighted by molar-refractivity contribution is 5.81. The fourth-order valence-corrected chi connectivity index (χ4v) is 1.22. The van der Waals surface area contributed by atoms with E-state index in [0.717, 1.165) is 11.8 Å². The van der Waals surface area contributed by atoms with Gasteiger partial charge >= 0.3 is 6.18 Å². The number of rotatable bonds is 0. The van der Waals surface area contributed by atoms with Crippen LogP contribution in [0.25, 0.3) is 0 Å². The summed E-state index contributed by atoms with van der Waals surface area (Å²) in [5.74, 6) is 0. The fourth-order valence-electron chi connectivity index (χ4n) is 1.22. The van der Waals surface area contributed by atoms with E-state index in [4.69, 9.17) is 0 Å². The SMILES string of the molecule is CC(C)(C)C1=CCC(C(F)(F)F)=CN=C1. The van der Waals surface area contributed by atoms with Crippen LogP contribution in [0.3, 0.4) is 0 Å². The summed E-state index contributed by atoms with van der Waals surface area (Å²) in [5, 5.41) is 0. The normalized spacial score (nSPS) is 18.3. The maximum atomic E-state index is 12.4. The third-order valence-electron chi connectivity index (χ3n) is 2.22. The Kier molecular flexibility index (Phi) is 3.07. The van der Waals surface area contributed by atoms with Crippen molar-refractivity contribution in [3.63, 3.8) is 0 Å². The van der Waals surface area contributed by atoms with Gasteiger partial charge in [0, 0.05) is 12.4 Å². The third-order valence-corrected chi connectivity index (χ3v) is 2.22. The molecule has 1 heterocycles. The molecule has 0 saturated heterocycles. The van der Waals surface area contributed by atoms with E-state index < -0.39 is 11.7 Å². The first-order valence-corrected chi connectivity index (χ1v) is 4.71. The van der Waals surface area contributed by atoms with Crippen molar-refractivity contribution < 1.29 is 13.2 Å². The van der Waals surface area contributed by atoms with Crippen LogP contribution in [-0.2, 0) is 0 Å². The van der Waals surface area contributed by atoms with E-state index in [1.165, 1.54) is 6.21 Å². The molecular weight excluding hydrogens is 203 g/mol. The standard InChI is InChI=1S/C11H14F3N/c1-10(2,3)8-4-5-9(7-15-6-8)11(12,13)14/h4,6-7H,5H2,1-3H3. The van der Waals surface area contributed by atoms with Gasteiger partial charge in [-0.15, -0.1) is 0 Å². The summed E-state index contributed by atoms with van der Waals surface area (Å²) in [4.78, 5) is 3.69. The molecule has 0 saturated carbocycles. The average molecular weight is 217 g/mol. The zero-order valence-corrected chi connectivity index (χ0v) is 9.02. The molecule has 0 aromatic heterocycles. The molecule has 0 atom stereocenters. The van der Waals surface area contributed by atoms with Gasteiger partial charge in [0.15, 0.2) is 0 Å². The van der Waals surface area contributed by atoms with Crippen molar-refractivity contribution >= 4 is 6.21 Å². The monoisotopic (exact) mass is 217 g/mol. The van der Waals surface area contributed by atoms with Crippen LogP contribution in [0.1, 0.15) is 27.2 Å². The number of nitrogens with zero attached hydrogens (tertiary/aromatic N) is 1. The summed E-state index contributed by atoms with van der Waals surface area (Å²) in [7, 11) is 0. The molecule has 4 heteroatoms. The highest BCUT2D eigenvalue weighted by atomic mass is 19.4. The van der Waals surface area contributed by atoms with Crippen molar-refractivity contribution in [2.24, 2.45) is 10.4 Å². The Morgan fingerprint density at radius 2 is 1.80 bits per heavy atom. The number of aliphatic imine (C=N–C) groups is 1. The van der Waals surface area contributed by atoms with Gasteiger partial charge < -0.3 is 0 Å². The zero-order valence-electron chi connectivity index (χ0n) is 9.02. The van der Waals surface area contributed by atoms with Crippen LogP contribution in [0.4, 0.5) is 13.2 Å². The molecule has 0 aromatic carbocycles. The predicted molar refractivity (Wildman–Crippen MR) is 54.8 cm³/mol. The zero-order chi connectivity index (χ0) is 11.7. The lowest BCUT2D eigenvalue weighted by Crippen LogP contribution is -2.12. The molecule has 0 amide bonds. The van der Waals surface area contributed by atoms with Crippen LogP contribution in [0.15, 0.2) is 28.4 Å². The van der Waals surface area contributed by atoms with E-state index >= 15 is 0 Å². The van der Waals surface area contributed by atoms with Crippen molar-refractivity contribution in [3.8, 4) is 0 Å². The first kappa shape index (κ1) is 12.0. The van der Waals surface area contributed by atoms with Gasteiger partial charge in [0.05, 0.1) is 5.57 Å². The van der Waals surface area contributed by atoms with Gasteiger partial charge in [-0.1, -0.05) is 26.8 Å². The molecule has 0 N–H and O–H groups in total. The Morgan fingerprint density at radius 3 is 2.27 bits per heavy atom. The first-order chi connectivity index (χ1) is 6.71. The fraction of sp³-hybridized carbons (Fsp3) is 0.545. The molecule has 15 heavy (non-hydrogen) atoms. The Morgan fingerprint density at radius 1 is 1.20 bits per heavy atom. The molecule has 1 nitrogen and oxygen atoms in total. The Hall–Kier alpha value is -1.06. The highest BCUT2D eigenvalue weighted by Crippen LogP contribution is 2.32. The highest BCUT2D eigenvalue weighted by Gasteiger charge is 2.33. The Bertz CT molecular complexity index is 327. The van der Waals surface area contributed by atoms with Crippen LogP contribution in [0.5, 0.6) is 0 Å². The summed E-state index contributed by atoms with van der Waals surface area (Å²) in [6.45, 7) is 5.84. The topological polar surface area (TPSA) is 12.4 Å². The summed E-state index contributed by atoms with van der Waals surface area (Å²) in [5.41, 5.74) is 0.0641. The number of halogens is 3. The number of alkyl halides is 3. The van der Waals surface area contributed by atoms with Crippen LogP contribution >= 0.6 is 0 Å². The van der Waals surface area contributed by atoms with Gasteiger partial charge in [-0.05, 0) is 17.4 Å². The van der Waals surface area contributed by atoms with E-state index in [0.29, 0.717) is 0 Å². The lowest BCUT2D eigenvalue weighted by Gasteiger charge is -2.19. The lowest BCUT2D eigenvalue weighted by molar-refractivity contribution is -0.0930. The molecule has 1 aliphatic heterocycles. The summed E-state index contributed by atoms with van der Waals surface area (Å²) >= 11 is 0. The Balaban J connectivity index is 2.91. The third kappa shape index (κ3) is 3.22. The molecular formula is C11H14F3N. The molecule has 0 aliphatic carbocycles. The molecule has 0 spiro atoms. The summed E-state index contributed by atoms with van der Waals surface area (Å²) < 4.78 is 37.1. The smallest absolute Gasteiger partial charge is 0.264 e. The average Bonchev–Trinajstić information content (AvgIpc) is 2.24. The largest absolute Gasteiger partial charge is 0.414 e. The summed E-state index contributed by atoms with van der Waals surface area (Å²) in [6, 6.07) is 0. The van der Waals surface area contributed by atoms with E-state index in [1.807, 2.05) is 20.8 Å². The summed E-state index contributed by atoms with van der Waals surface area (Å²) in [6.07, 6.45) is -0.388. The van der Waals surface area contributed by atoms with Crippen LogP contribution < -0.4 is 0 Å². The number of allylic oxidation sites excluding steroid dienone is 3. The molecule has 0 bridgehead atoms. The maximum Gasteiger partial charge on any atom is 0.414 e. The van der Waals surface area contributed by atoms with Crippen LogP contribution in [0, 0.1) is 5.41 Å². The molecule has 84 valence electrons. The maximum absolute atomic E-state index is 12.4. The molecule has 0 fully saturated rings. The second-order valence-electron chi connectivity index (χ2n) is 4.54. The van der Waals surface area contributed by atoms with E-state index in [9.17, 15) is 13.2 Å². The predicted octanol–water partition coefficient (Wildman–Crippen LogP) is 3.88. The van der Waals surface area contributed by atoms with Gasteiger partial charge in [0.25, 0.3) is 0 Å². The van der Waals surface area contributed by atoms with Crippen molar-refractivity contribution in [2.75, 3.05) is 0 Å². The van der Waals surface area contributed by atoms with Crippen molar-refractivity contribution in [2.45, 2.75) is 33.4 Å². The van der Waals surface area contributed by atoms with E-state index in [1.54, 1.807) is 6.08 Å². The Labute approximate surface area is 87.4 Å². The van der Waals surface area contributed by atoms with Gasteiger partial charge in [0.2, 0.25) is 0 Å². The van der Waals surface area contributed by atoms with Crippen LogP contribution in [-0.4, -0.2) is 12.4 Å². The quantitative estimate of drug-likeness (QED) is 0.584. The van der Waals surface area contributed by atoms with Gasteiger partial charge in [-0.2, -0.15) is 13.2 Å². The minimum atomic E-state index is -4.28. The number of hydrogen-bond acceptors (Lipinski definition) is 1. The second kappa shape index (κ2) is 3.83. The molecule has 0 aromatic rings. The minimum Gasteiger partial charge on any atom is -0.264 e. The second-order valence-corrected chi connectivity index (χ2v) is 4.54.